The van der Waals surface area contributed by atoms with Crippen molar-refractivity contribution in [2.24, 2.45) is 5.73 Å². The fourth-order valence-electron chi connectivity index (χ4n) is 0.936. The first-order valence-corrected chi connectivity index (χ1v) is 3.80. The van der Waals surface area contributed by atoms with Crippen LogP contribution in [0.1, 0.15) is 16.1 Å². The van der Waals surface area contributed by atoms with Gasteiger partial charge in [0, 0.05) is 6.42 Å². The SMILES string of the molecule is N[C@@H](Cc1coc(C(=O)O)c1)C(=O)O. The van der Waals surface area contributed by atoms with E-state index >= 15 is 0 Å². The molecular weight excluding hydrogens is 190 g/mol. The highest BCUT2D eigenvalue weighted by atomic mass is 16.4. The smallest absolute Gasteiger partial charge is 0.371 e. The Morgan fingerprint density at radius 3 is 2.57 bits per heavy atom. The molecule has 0 bridgehead atoms. The maximum absolute atomic E-state index is 10.4. The summed E-state index contributed by atoms with van der Waals surface area (Å²) in [5.74, 6) is -2.55. The topological polar surface area (TPSA) is 114 Å². The van der Waals surface area contributed by atoms with Crippen molar-refractivity contribution in [3.05, 3.63) is 23.7 Å². The summed E-state index contributed by atoms with van der Waals surface area (Å²) in [6, 6.07) is 0.208. The molecule has 76 valence electrons. The molecule has 1 atom stereocenters. The minimum absolute atomic E-state index is 0.0477. The number of nitrogens with two attached hydrogens (primary N) is 1. The first-order valence-electron chi connectivity index (χ1n) is 3.80. The van der Waals surface area contributed by atoms with E-state index < -0.39 is 18.0 Å². The second-order valence-corrected chi connectivity index (χ2v) is 2.77. The lowest BCUT2D eigenvalue weighted by Crippen LogP contribution is -2.32. The third-order valence-corrected chi connectivity index (χ3v) is 1.64. The number of rotatable bonds is 4. The van der Waals surface area contributed by atoms with Crippen molar-refractivity contribution in [2.75, 3.05) is 0 Å². The normalized spacial score (nSPS) is 12.4. The third-order valence-electron chi connectivity index (χ3n) is 1.64. The average Bonchev–Trinajstić information content (AvgIpc) is 2.52. The van der Waals surface area contributed by atoms with E-state index in [2.05, 4.69) is 4.42 Å². The highest BCUT2D eigenvalue weighted by Crippen LogP contribution is 2.09. The van der Waals surface area contributed by atoms with Crippen LogP contribution >= 0.6 is 0 Å². The van der Waals surface area contributed by atoms with Crippen LogP contribution in [0.4, 0.5) is 0 Å². The van der Waals surface area contributed by atoms with Crippen molar-refractivity contribution < 1.29 is 24.2 Å². The zero-order chi connectivity index (χ0) is 10.7. The first-order chi connectivity index (χ1) is 6.50. The van der Waals surface area contributed by atoms with Crippen molar-refractivity contribution >= 4 is 11.9 Å². The number of hydrogen-bond acceptors (Lipinski definition) is 4. The fraction of sp³-hybridized carbons (Fsp3) is 0.250. The Balaban J connectivity index is 2.69. The summed E-state index contributed by atoms with van der Waals surface area (Å²) in [5, 5.41) is 17.0. The molecule has 0 aliphatic carbocycles. The van der Waals surface area contributed by atoms with Crippen LogP contribution in [0, 0.1) is 0 Å². The number of hydrogen-bond donors (Lipinski definition) is 3. The van der Waals surface area contributed by atoms with Gasteiger partial charge in [-0.3, -0.25) is 4.79 Å². The fourth-order valence-corrected chi connectivity index (χ4v) is 0.936. The van der Waals surface area contributed by atoms with Gasteiger partial charge in [-0.15, -0.1) is 0 Å². The van der Waals surface area contributed by atoms with Crippen molar-refractivity contribution in [1.29, 1.82) is 0 Å². The van der Waals surface area contributed by atoms with E-state index in [0.717, 1.165) is 0 Å². The van der Waals surface area contributed by atoms with Gasteiger partial charge in [-0.25, -0.2) is 4.79 Å². The second-order valence-electron chi connectivity index (χ2n) is 2.77. The largest absolute Gasteiger partial charge is 0.480 e. The molecule has 1 rings (SSSR count). The minimum atomic E-state index is -1.19. The van der Waals surface area contributed by atoms with E-state index in [4.69, 9.17) is 15.9 Å². The lowest BCUT2D eigenvalue weighted by atomic mass is 10.1. The molecule has 0 aromatic carbocycles. The van der Waals surface area contributed by atoms with Crippen molar-refractivity contribution in [2.45, 2.75) is 12.5 Å². The summed E-state index contributed by atoms with van der Waals surface area (Å²) < 4.78 is 4.66. The van der Waals surface area contributed by atoms with Crippen LogP contribution < -0.4 is 5.73 Å². The maximum atomic E-state index is 10.4. The lowest BCUT2D eigenvalue weighted by molar-refractivity contribution is -0.138. The molecule has 0 saturated heterocycles. The third kappa shape index (κ3) is 2.33. The number of aromatic carboxylic acids is 1. The van der Waals surface area contributed by atoms with E-state index in [1.54, 1.807) is 0 Å². The van der Waals surface area contributed by atoms with E-state index in [0.29, 0.717) is 5.56 Å². The molecule has 14 heavy (non-hydrogen) atoms. The molecule has 6 nitrogen and oxygen atoms in total. The number of carboxylic acid groups (broad SMARTS) is 2. The summed E-state index contributed by atoms with van der Waals surface area (Å²) in [6.07, 6.45) is 1.23. The summed E-state index contributed by atoms with van der Waals surface area (Å²) in [5.41, 5.74) is 5.70. The zero-order valence-corrected chi connectivity index (χ0v) is 7.14. The summed E-state index contributed by atoms with van der Waals surface area (Å²) in [4.78, 5) is 20.8. The first kappa shape index (κ1) is 10.3. The number of carboxylic acids is 2. The van der Waals surface area contributed by atoms with Crippen LogP contribution in [0.25, 0.3) is 0 Å². The van der Waals surface area contributed by atoms with Crippen LogP contribution in [0.3, 0.4) is 0 Å². The molecule has 0 saturated carbocycles. The Hall–Kier alpha value is -1.82. The lowest BCUT2D eigenvalue weighted by Gasteiger charge is -2.01. The van der Waals surface area contributed by atoms with E-state index in [-0.39, 0.29) is 12.2 Å². The number of aliphatic carboxylic acids is 1. The second kappa shape index (κ2) is 3.93. The van der Waals surface area contributed by atoms with Crippen molar-refractivity contribution in [3.8, 4) is 0 Å². The molecule has 0 amide bonds. The molecule has 1 aromatic rings. The van der Waals surface area contributed by atoms with Gasteiger partial charge in [0.2, 0.25) is 5.76 Å². The van der Waals surface area contributed by atoms with Crippen LogP contribution in [0.15, 0.2) is 16.7 Å². The minimum Gasteiger partial charge on any atom is -0.480 e. The predicted octanol–water partition coefficient (Wildman–Crippen LogP) is -0.0678. The molecule has 1 aromatic heterocycles. The Labute approximate surface area is 78.9 Å². The van der Waals surface area contributed by atoms with Gasteiger partial charge >= 0.3 is 11.9 Å². The van der Waals surface area contributed by atoms with Gasteiger partial charge in [0.1, 0.15) is 6.04 Å². The molecule has 0 aliphatic rings. The predicted molar refractivity (Wildman–Crippen MR) is 45.0 cm³/mol. The highest BCUT2D eigenvalue weighted by Gasteiger charge is 2.15. The Bertz CT molecular complexity index is 356. The maximum Gasteiger partial charge on any atom is 0.371 e. The molecule has 4 N–H and O–H groups in total. The summed E-state index contributed by atoms with van der Waals surface area (Å²) in [6.45, 7) is 0. The summed E-state index contributed by atoms with van der Waals surface area (Å²) >= 11 is 0. The van der Waals surface area contributed by atoms with Crippen LogP contribution in [-0.2, 0) is 11.2 Å². The van der Waals surface area contributed by atoms with Crippen LogP contribution in [0.2, 0.25) is 0 Å². The molecule has 0 fully saturated rings. The van der Waals surface area contributed by atoms with E-state index in [1.807, 2.05) is 0 Å². The monoisotopic (exact) mass is 199 g/mol. The average molecular weight is 199 g/mol. The molecule has 0 unspecified atom stereocenters. The zero-order valence-electron chi connectivity index (χ0n) is 7.14. The standard InChI is InChI=1S/C8H9NO5/c9-5(7(10)11)1-4-2-6(8(12)13)14-3-4/h2-3,5H,1,9H2,(H,10,11)(H,12,13)/t5-/m0/s1. The van der Waals surface area contributed by atoms with Crippen molar-refractivity contribution in [1.82, 2.24) is 0 Å². The molecule has 0 aliphatic heterocycles. The Morgan fingerprint density at radius 2 is 2.14 bits per heavy atom. The van der Waals surface area contributed by atoms with Gasteiger partial charge in [0.05, 0.1) is 6.26 Å². The van der Waals surface area contributed by atoms with Crippen LogP contribution in [-0.4, -0.2) is 28.2 Å². The van der Waals surface area contributed by atoms with Gasteiger partial charge in [0.15, 0.2) is 0 Å². The Morgan fingerprint density at radius 1 is 1.50 bits per heavy atom. The molecule has 0 radical (unpaired) electrons. The van der Waals surface area contributed by atoms with E-state index in [9.17, 15) is 9.59 Å². The Kier molecular flexibility index (Phi) is 2.88. The molecule has 1 heterocycles. The summed E-state index contributed by atoms with van der Waals surface area (Å²) in [7, 11) is 0. The van der Waals surface area contributed by atoms with Gasteiger partial charge in [-0.1, -0.05) is 0 Å². The highest BCUT2D eigenvalue weighted by molar-refractivity contribution is 5.84. The van der Waals surface area contributed by atoms with Crippen LogP contribution in [0.5, 0.6) is 0 Å². The van der Waals surface area contributed by atoms with Gasteiger partial charge < -0.3 is 20.4 Å². The quantitative estimate of drug-likeness (QED) is 0.625. The van der Waals surface area contributed by atoms with Gasteiger partial charge in [-0.05, 0) is 11.6 Å². The van der Waals surface area contributed by atoms with Gasteiger partial charge in [0.25, 0.3) is 0 Å². The van der Waals surface area contributed by atoms with Crippen molar-refractivity contribution in [3.63, 3.8) is 0 Å². The van der Waals surface area contributed by atoms with E-state index in [1.165, 1.54) is 12.3 Å². The number of carbonyl (C=O) groups is 2. The number of furan rings is 1. The van der Waals surface area contributed by atoms with Gasteiger partial charge in [-0.2, -0.15) is 0 Å². The molecule has 6 heteroatoms. The molecule has 0 spiro atoms. The molecular formula is C8H9NO5.